The van der Waals surface area contributed by atoms with E-state index in [4.69, 9.17) is 4.98 Å². The molecular weight excluding hydrogens is 492 g/mol. The fourth-order valence-electron chi connectivity index (χ4n) is 7.24. The van der Waals surface area contributed by atoms with Gasteiger partial charge in [-0.3, -0.25) is 9.78 Å². The highest BCUT2D eigenvalue weighted by Gasteiger charge is 2.30. The Morgan fingerprint density at radius 2 is 1.75 bits per heavy atom. The van der Waals surface area contributed by atoms with Crippen LogP contribution in [0.3, 0.4) is 0 Å². The van der Waals surface area contributed by atoms with Crippen LogP contribution in [0.2, 0.25) is 0 Å². The van der Waals surface area contributed by atoms with Gasteiger partial charge in [-0.25, -0.2) is 4.98 Å². The minimum absolute atomic E-state index is 0.115. The summed E-state index contributed by atoms with van der Waals surface area (Å²) in [5, 5.41) is 4.61. The average molecular weight is 535 g/mol. The quantitative estimate of drug-likeness (QED) is 0.252. The molecule has 1 unspecified atom stereocenters. The summed E-state index contributed by atoms with van der Waals surface area (Å²) >= 11 is 0. The van der Waals surface area contributed by atoms with E-state index in [1.54, 1.807) is 6.20 Å². The molecule has 2 aliphatic carbocycles. The van der Waals surface area contributed by atoms with E-state index < -0.39 is 0 Å². The summed E-state index contributed by atoms with van der Waals surface area (Å²) in [5.41, 5.74) is 10.00. The van der Waals surface area contributed by atoms with Crippen LogP contribution in [0.1, 0.15) is 96.5 Å². The molecule has 0 bridgehead atoms. The van der Waals surface area contributed by atoms with Crippen LogP contribution in [0, 0.1) is 19.8 Å². The summed E-state index contributed by atoms with van der Waals surface area (Å²) in [6.07, 6.45) is 15.6. The lowest BCUT2D eigenvalue weighted by atomic mass is 9.80. The smallest absolute Gasteiger partial charge is 0.228 e. The van der Waals surface area contributed by atoms with Gasteiger partial charge in [0, 0.05) is 42.3 Å². The fourth-order valence-corrected chi connectivity index (χ4v) is 7.24. The topological polar surface area (TPSA) is 59.8 Å². The lowest BCUT2D eigenvalue weighted by molar-refractivity contribution is -0.124. The Balaban J connectivity index is 1.28. The van der Waals surface area contributed by atoms with E-state index in [-0.39, 0.29) is 11.8 Å². The number of pyridine rings is 2. The van der Waals surface area contributed by atoms with Gasteiger partial charge in [-0.05, 0) is 98.2 Å². The summed E-state index contributed by atoms with van der Waals surface area (Å²) in [4.78, 5) is 22.9. The zero-order chi connectivity index (χ0) is 27.5. The largest absolute Gasteiger partial charge is 0.351 e. The molecule has 1 aromatic carbocycles. The Bertz CT molecular complexity index is 1460. The first kappa shape index (κ1) is 26.7. The molecule has 0 spiro atoms. The number of fused-ring (bicyclic) bond motifs is 3. The summed E-state index contributed by atoms with van der Waals surface area (Å²) in [7, 11) is 0. The molecule has 1 saturated carbocycles. The first-order valence-corrected chi connectivity index (χ1v) is 15.3. The van der Waals surface area contributed by atoms with Crippen molar-refractivity contribution in [3.63, 3.8) is 0 Å². The lowest BCUT2D eigenvalue weighted by Crippen LogP contribution is -2.33. The van der Waals surface area contributed by atoms with Crippen molar-refractivity contribution in [2.45, 2.75) is 97.1 Å². The third kappa shape index (κ3) is 5.56. The van der Waals surface area contributed by atoms with Crippen molar-refractivity contribution in [2.24, 2.45) is 5.92 Å². The van der Waals surface area contributed by atoms with Crippen LogP contribution < -0.4 is 5.32 Å². The van der Waals surface area contributed by atoms with Crippen LogP contribution in [-0.2, 0) is 30.7 Å². The minimum Gasteiger partial charge on any atom is -0.351 e. The van der Waals surface area contributed by atoms with Gasteiger partial charge < -0.3 is 9.88 Å². The standard InChI is InChI=1S/C35H42N4O/c1-24-20-25(2)38-34-32(24)30-13-7-8-14-31(30)39(34)23-26-15-17-29(18-16-26)33(28-11-5-3-4-6-12-28)35(40)37-22-27-10-9-19-36-21-27/h9-10,15-21,28,33H,3-8,11-14,22-23H2,1-2H3,(H,37,40). The molecule has 0 saturated heterocycles. The van der Waals surface area contributed by atoms with Crippen molar-refractivity contribution >= 4 is 16.9 Å². The highest BCUT2D eigenvalue weighted by molar-refractivity contribution is 5.86. The van der Waals surface area contributed by atoms with Crippen molar-refractivity contribution < 1.29 is 4.79 Å². The maximum atomic E-state index is 13.7. The van der Waals surface area contributed by atoms with Crippen LogP contribution >= 0.6 is 0 Å². The molecule has 3 aromatic heterocycles. The number of aryl methyl sites for hydroxylation is 3. The second kappa shape index (κ2) is 12.0. The predicted octanol–water partition coefficient (Wildman–Crippen LogP) is 7.35. The molecule has 5 heteroatoms. The molecule has 208 valence electrons. The lowest BCUT2D eigenvalue weighted by Gasteiger charge is -2.26. The number of benzene rings is 1. The zero-order valence-corrected chi connectivity index (χ0v) is 24.1. The van der Waals surface area contributed by atoms with Gasteiger partial charge in [-0.2, -0.15) is 0 Å². The third-order valence-corrected chi connectivity index (χ3v) is 9.17. The molecule has 1 N–H and O–H groups in total. The number of hydrogen-bond acceptors (Lipinski definition) is 3. The molecule has 1 atom stereocenters. The molecule has 0 radical (unpaired) electrons. The Kier molecular flexibility index (Phi) is 7.99. The van der Waals surface area contributed by atoms with Gasteiger partial charge >= 0.3 is 0 Å². The second-order valence-electron chi connectivity index (χ2n) is 12.0. The maximum absolute atomic E-state index is 13.7. The van der Waals surface area contributed by atoms with E-state index in [0.29, 0.717) is 12.5 Å². The van der Waals surface area contributed by atoms with Crippen LogP contribution in [0.15, 0.2) is 54.9 Å². The fraction of sp³-hybridized carbons (Fsp3) is 0.457. The highest BCUT2D eigenvalue weighted by atomic mass is 16.1. The number of rotatable bonds is 7. The molecular formula is C35H42N4O. The van der Waals surface area contributed by atoms with Gasteiger partial charge in [-0.1, -0.05) is 56.0 Å². The van der Waals surface area contributed by atoms with Crippen molar-refractivity contribution in [3.05, 3.63) is 94.1 Å². The van der Waals surface area contributed by atoms with Crippen molar-refractivity contribution in [1.82, 2.24) is 19.9 Å². The Hall–Kier alpha value is -3.47. The molecule has 2 aliphatic rings. The van der Waals surface area contributed by atoms with Gasteiger partial charge in [0.25, 0.3) is 0 Å². The molecule has 0 aliphatic heterocycles. The van der Waals surface area contributed by atoms with Crippen molar-refractivity contribution in [1.29, 1.82) is 0 Å². The molecule has 5 nitrogen and oxygen atoms in total. The summed E-state index contributed by atoms with van der Waals surface area (Å²) in [5.74, 6) is 0.415. The Morgan fingerprint density at radius 1 is 0.975 bits per heavy atom. The van der Waals surface area contributed by atoms with E-state index in [1.165, 1.54) is 66.3 Å². The normalized spacial score (nSPS) is 16.9. The third-order valence-electron chi connectivity index (χ3n) is 9.17. The first-order valence-electron chi connectivity index (χ1n) is 15.3. The number of hydrogen-bond donors (Lipinski definition) is 1. The molecule has 1 amide bonds. The van der Waals surface area contributed by atoms with E-state index in [2.05, 4.69) is 59.0 Å². The van der Waals surface area contributed by atoms with E-state index >= 15 is 0 Å². The van der Waals surface area contributed by atoms with Crippen molar-refractivity contribution in [2.75, 3.05) is 0 Å². The van der Waals surface area contributed by atoms with Crippen LogP contribution in [0.25, 0.3) is 11.0 Å². The van der Waals surface area contributed by atoms with Crippen LogP contribution in [0.5, 0.6) is 0 Å². The minimum atomic E-state index is -0.115. The number of nitrogens with zero attached hydrogens (tertiary/aromatic N) is 3. The van der Waals surface area contributed by atoms with Gasteiger partial charge in [0.05, 0.1) is 5.92 Å². The number of aromatic nitrogens is 3. The molecule has 1 fully saturated rings. The molecule has 3 heterocycles. The van der Waals surface area contributed by atoms with E-state index in [1.807, 2.05) is 18.3 Å². The summed E-state index contributed by atoms with van der Waals surface area (Å²) < 4.78 is 2.47. The average Bonchev–Trinajstić information content (AvgIpc) is 3.10. The van der Waals surface area contributed by atoms with Gasteiger partial charge in [0.1, 0.15) is 5.65 Å². The summed E-state index contributed by atoms with van der Waals surface area (Å²) in [6, 6.07) is 15.1. The monoisotopic (exact) mass is 534 g/mol. The number of amides is 1. The number of carbonyl (C=O) groups is 1. The second-order valence-corrected chi connectivity index (χ2v) is 12.0. The highest BCUT2D eigenvalue weighted by Crippen LogP contribution is 2.37. The van der Waals surface area contributed by atoms with Crippen molar-refractivity contribution in [3.8, 4) is 0 Å². The Labute approximate surface area is 238 Å². The molecule has 6 rings (SSSR count). The van der Waals surface area contributed by atoms with E-state index in [9.17, 15) is 4.79 Å². The van der Waals surface area contributed by atoms with Gasteiger partial charge in [0.2, 0.25) is 5.91 Å². The predicted molar refractivity (Wildman–Crippen MR) is 161 cm³/mol. The molecule has 4 aromatic rings. The number of nitrogens with one attached hydrogen (secondary N) is 1. The number of carbonyl (C=O) groups excluding carboxylic acids is 1. The van der Waals surface area contributed by atoms with Gasteiger partial charge in [0.15, 0.2) is 0 Å². The molecule has 40 heavy (non-hydrogen) atoms. The first-order chi connectivity index (χ1) is 19.6. The maximum Gasteiger partial charge on any atom is 0.228 e. The Morgan fingerprint density at radius 3 is 2.50 bits per heavy atom. The summed E-state index contributed by atoms with van der Waals surface area (Å²) in [6.45, 7) is 5.68. The van der Waals surface area contributed by atoms with Crippen LogP contribution in [-0.4, -0.2) is 20.4 Å². The van der Waals surface area contributed by atoms with Crippen LogP contribution in [0.4, 0.5) is 0 Å². The van der Waals surface area contributed by atoms with Gasteiger partial charge in [-0.15, -0.1) is 0 Å². The SMILES string of the molecule is Cc1cc(C)c2c3c(n(Cc4ccc(C(C(=O)NCc5cccnc5)C5CCCCCC5)cc4)c2n1)CCCC3. The van der Waals surface area contributed by atoms with E-state index in [0.717, 1.165) is 54.7 Å². The zero-order valence-electron chi connectivity index (χ0n) is 24.1.